The Labute approximate surface area is 125 Å². The molecule has 0 aromatic carbocycles. The van der Waals surface area contributed by atoms with Crippen LogP contribution in [0.4, 0.5) is 0 Å². The van der Waals surface area contributed by atoms with E-state index in [1.807, 2.05) is 0 Å². The highest BCUT2D eigenvalue weighted by molar-refractivity contribution is 7.77. The topological polar surface area (TPSA) is 125 Å². The minimum Gasteiger partial charge on any atom is -0.760 e. The highest BCUT2D eigenvalue weighted by Gasteiger charge is 2.53. The zero-order chi connectivity index (χ0) is 15.3. The van der Waals surface area contributed by atoms with E-state index in [0.717, 1.165) is 0 Å². The van der Waals surface area contributed by atoms with E-state index >= 15 is 0 Å². The molecular formula is C11H15N5O4S. The van der Waals surface area contributed by atoms with Crippen molar-refractivity contribution >= 4 is 35.8 Å². The Balaban J connectivity index is 1.92. The molecule has 0 radical (unpaired) electrons. The summed E-state index contributed by atoms with van der Waals surface area (Å²) in [5.74, 6) is 0.198. The van der Waals surface area contributed by atoms with Gasteiger partial charge in [0.25, 0.3) is 5.84 Å². The molecule has 10 heteroatoms. The van der Waals surface area contributed by atoms with Crippen molar-refractivity contribution in [1.29, 1.82) is 5.41 Å². The van der Waals surface area contributed by atoms with E-state index < -0.39 is 37.2 Å². The van der Waals surface area contributed by atoms with E-state index in [1.54, 1.807) is 18.0 Å². The molecule has 5 atom stereocenters. The first-order chi connectivity index (χ1) is 9.93. The number of fused-ring (bicyclic) bond motifs is 1. The third kappa shape index (κ3) is 2.15. The Bertz CT molecular complexity index is 577. The van der Waals surface area contributed by atoms with E-state index in [9.17, 15) is 10.2 Å². The van der Waals surface area contributed by atoms with Crippen molar-refractivity contribution < 1.29 is 24.6 Å². The van der Waals surface area contributed by atoms with E-state index in [-0.39, 0.29) is 5.96 Å². The first-order valence-corrected chi connectivity index (χ1v) is 6.75. The van der Waals surface area contributed by atoms with Crippen molar-refractivity contribution in [3.63, 3.8) is 0 Å². The maximum absolute atomic E-state index is 10.1. The number of hydrogen-bond acceptors (Lipinski definition) is 7. The normalized spacial score (nSPS) is 39.0. The van der Waals surface area contributed by atoms with Crippen LogP contribution in [0.5, 0.6) is 0 Å². The van der Waals surface area contributed by atoms with Gasteiger partial charge in [0.15, 0.2) is 6.04 Å². The van der Waals surface area contributed by atoms with Gasteiger partial charge in [0.1, 0.15) is 18.3 Å². The third-order valence-electron chi connectivity index (χ3n) is 3.68. The van der Waals surface area contributed by atoms with Gasteiger partial charge in [0.05, 0.1) is 13.7 Å². The summed E-state index contributed by atoms with van der Waals surface area (Å²) in [7, 11) is 1.76. The van der Waals surface area contributed by atoms with Crippen LogP contribution in [0.1, 0.15) is 0 Å². The summed E-state index contributed by atoms with van der Waals surface area (Å²) >= 11 is 5.15. The number of aliphatic hydroxyl groups excluding tert-OH is 3. The van der Waals surface area contributed by atoms with Gasteiger partial charge in [0.2, 0.25) is 18.5 Å². The van der Waals surface area contributed by atoms with Crippen LogP contribution in [0.3, 0.4) is 0 Å². The predicted molar refractivity (Wildman–Crippen MR) is 75.6 cm³/mol. The molecule has 0 amide bonds. The van der Waals surface area contributed by atoms with E-state index in [4.69, 9.17) is 27.9 Å². The summed E-state index contributed by atoms with van der Waals surface area (Å²) in [6.45, 7) is -0.405. The van der Waals surface area contributed by atoms with Crippen LogP contribution in [-0.2, 0) is 17.4 Å². The number of rotatable bonds is 2. The molecule has 0 spiro atoms. The van der Waals surface area contributed by atoms with Gasteiger partial charge in [0, 0.05) is 0 Å². The number of guanidine groups is 1. The average Bonchev–Trinajstić information content (AvgIpc) is 2.89. The van der Waals surface area contributed by atoms with Crippen LogP contribution >= 0.6 is 0 Å². The fraction of sp³-hybridized carbons (Fsp3) is 0.636. The van der Waals surface area contributed by atoms with Crippen molar-refractivity contribution in [2.24, 2.45) is 9.98 Å². The van der Waals surface area contributed by atoms with Crippen LogP contribution in [0.15, 0.2) is 9.98 Å². The molecule has 114 valence electrons. The predicted octanol–water partition coefficient (Wildman–Crippen LogP) is -2.93. The lowest BCUT2D eigenvalue weighted by Crippen LogP contribution is -2.49. The molecule has 9 nitrogen and oxygen atoms in total. The molecular weight excluding hydrogens is 298 g/mol. The Morgan fingerprint density at radius 3 is 2.76 bits per heavy atom. The van der Waals surface area contributed by atoms with Crippen LogP contribution in [0.25, 0.3) is 0 Å². The zero-order valence-corrected chi connectivity index (χ0v) is 11.9. The summed E-state index contributed by atoms with van der Waals surface area (Å²) in [6.07, 6.45) is -2.56. The van der Waals surface area contributed by atoms with Crippen molar-refractivity contribution in [3.8, 4) is 0 Å². The zero-order valence-electron chi connectivity index (χ0n) is 11.1. The second-order valence-electron chi connectivity index (χ2n) is 5.06. The number of amidine groups is 1. The minimum atomic E-state index is -1.21. The molecule has 3 aliphatic rings. The van der Waals surface area contributed by atoms with Gasteiger partial charge in [-0.25, -0.2) is 4.99 Å². The lowest BCUT2D eigenvalue weighted by atomic mass is 10.1. The first-order valence-electron chi connectivity index (χ1n) is 6.34. The molecule has 1 fully saturated rings. The van der Waals surface area contributed by atoms with Crippen LogP contribution in [0, 0.1) is 5.41 Å². The summed E-state index contributed by atoms with van der Waals surface area (Å²) in [5.41, 5.74) is 0. The van der Waals surface area contributed by atoms with Crippen molar-refractivity contribution in [1.82, 2.24) is 4.90 Å². The Morgan fingerprint density at radius 1 is 1.43 bits per heavy atom. The summed E-state index contributed by atoms with van der Waals surface area (Å²) in [5, 5.41) is 37.0. The van der Waals surface area contributed by atoms with Gasteiger partial charge >= 0.3 is 0 Å². The molecule has 3 heterocycles. The average molecular weight is 313 g/mol. The van der Waals surface area contributed by atoms with E-state index in [2.05, 4.69) is 9.98 Å². The molecule has 3 rings (SSSR count). The molecule has 4 N–H and O–H groups in total. The number of ether oxygens (including phenoxy) is 1. The van der Waals surface area contributed by atoms with Gasteiger partial charge in [-0.2, -0.15) is 9.89 Å². The van der Waals surface area contributed by atoms with Gasteiger partial charge < -0.3 is 32.7 Å². The summed E-state index contributed by atoms with van der Waals surface area (Å²) in [6, 6.07) is -0.407. The summed E-state index contributed by atoms with van der Waals surface area (Å²) < 4.78 is 7.22. The number of nitrogens with zero attached hydrogens (tertiary/aromatic N) is 4. The van der Waals surface area contributed by atoms with E-state index in [1.165, 1.54) is 4.90 Å². The molecule has 0 saturated carbocycles. The molecule has 3 aliphatic heterocycles. The second kappa shape index (κ2) is 5.07. The highest BCUT2D eigenvalue weighted by Crippen LogP contribution is 2.27. The van der Waals surface area contributed by atoms with Crippen molar-refractivity contribution in [3.05, 3.63) is 0 Å². The number of nitrogens with one attached hydrogen (secondary N) is 1. The molecule has 1 unspecified atom stereocenters. The van der Waals surface area contributed by atoms with Crippen LogP contribution in [-0.4, -0.2) is 92.2 Å². The Kier molecular flexibility index (Phi) is 3.50. The molecule has 0 aromatic heterocycles. The lowest BCUT2D eigenvalue weighted by molar-refractivity contribution is -0.493. The van der Waals surface area contributed by atoms with Crippen molar-refractivity contribution in [2.75, 3.05) is 13.7 Å². The maximum atomic E-state index is 10.1. The minimum absolute atomic E-state index is 0.216. The monoisotopic (exact) mass is 313 g/mol. The highest BCUT2D eigenvalue weighted by atomic mass is 32.1. The maximum Gasteiger partial charge on any atom is 0.251 e. The number of aliphatic imine (C=N–C) groups is 2. The van der Waals surface area contributed by atoms with Gasteiger partial charge in [-0.3, -0.25) is 9.98 Å². The third-order valence-corrected chi connectivity index (χ3v) is 4.00. The van der Waals surface area contributed by atoms with Gasteiger partial charge in [-0.05, 0) is 5.04 Å². The Morgan fingerprint density at radius 2 is 2.14 bits per heavy atom. The second-order valence-corrected chi connectivity index (χ2v) is 5.48. The molecule has 21 heavy (non-hydrogen) atoms. The van der Waals surface area contributed by atoms with Crippen molar-refractivity contribution in [2.45, 2.75) is 30.6 Å². The number of likely N-dealkylation sites (N-methyl/N-ethyl adjacent to an activating group) is 1. The lowest BCUT2D eigenvalue weighted by Gasteiger charge is -2.24. The Hall–Kier alpha value is -1.46. The standard InChI is InChI=1S/C11H15N5O4S/c1-15-3-16(8-5(15)9(21)14-11(12)13-8)10-7(19)6(18)4(2-17)20-10/h3-7,10,17-19H,2H2,1H3,(H-,12,14,21)/t4-,5?,6-,7-,10-/m1/s1. The quantitative estimate of drug-likeness (QED) is 0.320. The molecule has 0 aromatic rings. The SMILES string of the molecule is C[N+]1=CN([C@@H]2O[C@H](CO)[C@@H](O)[C@H]2O)C2=NC(=N)N=C([S-])C21. The fourth-order valence-corrected chi connectivity index (χ4v) is 3.01. The molecule has 1 saturated heterocycles. The first kappa shape index (κ1) is 14.5. The number of hydrogen-bond donors (Lipinski definition) is 4. The summed E-state index contributed by atoms with van der Waals surface area (Å²) in [4.78, 5) is 9.41. The van der Waals surface area contributed by atoms with Gasteiger partial charge in [-0.15, -0.1) is 0 Å². The van der Waals surface area contributed by atoms with E-state index in [0.29, 0.717) is 10.9 Å². The number of aliphatic hydroxyl groups is 3. The van der Waals surface area contributed by atoms with Gasteiger partial charge in [-0.1, -0.05) is 0 Å². The van der Waals surface area contributed by atoms with Crippen LogP contribution < -0.4 is 0 Å². The molecule has 0 bridgehead atoms. The fourth-order valence-electron chi connectivity index (χ4n) is 2.65. The van der Waals surface area contributed by atoms with Crippen LogP contribution in [0.2, 0.25) is 0 Å². The molecule has 0 aliphatic carbocycles. The largest absolute Gasteiger partial charge is 0.760 e. The smallest absolute Gasteiger partial charge is 0.251 e.